The number of carbonyl (C=O) groups is 3. The summed E-state index contributed by atoms with van der Waals surface area (Å²) in [5.41, 5.74) is 0.00732. The van der Waals surface area contributed by atoms with Crippen molar-refractivity contribution in [2.75, 3.05) is 18.0 Å². The predicted octanol–water partition coefficient (Wildman–Crippen LogP) is 2.36. The largest absolute Gasteiger partial charge is 0.446 e. The molecule has 2 heterocycles. The minimum absolute atomic E-state index is 0.0406. The number of alkyl carbamates (subject to hydrolysis) is 1. The minimum atomic E-state index is -1.03. The van der Waals surface area contributed by atoms with Crippen molar-refractivity contribution in [3.05, 3.63) is 29.3 Å². The molecule has 1 saturated carbocycles. The Morgan fingerprint density at radius 2 is 1.81 bits per heavy atom. The lowest BCUT2D eigenvalue weighted by atomic mass is 9.89. The number of amides is 3. The fraction of sp³-hybridized carbons (Fsp3) is 0.591. The first-order valence-corrected chi connectivity index (χ1v) is 10.9. The van der Waals surface area contributed by atoms with Crippen LogP contribution in [0.4, 0.5) is 19.3 Å². The second-order valence-electron chi connectivity index (χ2n) is 8.88. The lowest BCUT2D eigenvalue weighted by molar-refractivity contribution is -0.134. The molecule has 1 aromatic carbocycles. The summed E-state index contributed by atoms with van der Waals surface area (Å²) in [6.07, 6.45) is 1.08. The van der Waals surface area contributed by atoms with Gasteiger partial charge in [-0.25, -0.2) is 13.6 Å². The maximum absolute atomic E-state index is 14.7. The van der Waals surface area contributed by atoms with Crippen LogP contribution in [0.1, 0.15) is 51.0 Å². The first-order valence-electron chi connectivity index (χ1n) is 10.9. The van der Waals surface area contributed by atoms with Gasteiger partial charge in [-0.1, -0.05) is 0 Å². The van der Waals surface area contributed by atoms with E-state index >= 15 is 0 Å². The number of ether oxygens (including phenoxy) is 2. The molecule has 8 nitrogen and oxygen atoms in total. The normalized spacial score (nSPS) is 25.8. The molecule has 1 aliphatic carbocycles. The molecular weight excluding hydrogens is 424 g/mol. The van der Waals surface area contributed by atoms with Gasteiger partial charge in [0.05, 0.1) is 24.2 Å². The summed E-state index contributed by atoms with van der Waals surface area (Å²) >= 11 is 0. The van der Waals surface area contributed by atoms with Gasteiger partial charge < -0.3 is 19.7 Å². The van der Waals surface area contributed by atoms with Gasteiger partial charge in [0.15, 0.2) is 0 Å². The molecule has 3 amide bonds. The van der Waals surface area contributed by atoms with E-state index < -0.39 is 35.5 Å². The first-order chi connectivity index (χ1) is 15.2. The van der Waals surface area contributed by atoms with E-state index in [0.29, 0.717) is 31.6 Å². The maximum Gasteiger partial charge on any atom is 0.407 e. The van der Waals surface area contributed by atoms with Crippen molar-refractivity contribution < 1.29 is 32.6 Å². The number of halogens is 2. The third-order valence-corrected chi connectivity index (χ3v) is 6.01. The number of imide groups is 1. The van der Waals surface area contributed by atoms with E-state index in [2.05, 4.69) is 10.6 Å². The number of nitrogens with zero attached hydrogens (tertiary/aromatic N) is 1. The lowest BCUT2D eigenvalue weighted by Crippen LogP contribution is -2.60. The number of anilines is 1. The average molecular weight is 451 g/mol. The SMILES string of the molecule is CC(C)OC1CC(OC(=O)NC2CN(c3cc(F)c([C@@H]4CCC(=O)NC4=O)c(F)c3)C2)C1. The predicted molar refractivity (Wildman–Crippen MR) is 110 cm³/mol. The van der Waals surface area contributed by atoms with E-state index in [0.717, 1.165) is 0 Å². The van der Waals surface area contributed by atoms with Gasteiger partial charge in [-0.2, -0.15) is 0 Å². The topological polar surface area (TPSA) is 97.0 Å². The highest BCUT2D eigenvalue weighted by Crippen LogP contribution is 2.33. The summed E-state index contributed by atoms with van der Waals surface area (Å²) in [7, 11) is 0. The number of hydrogen-bond donors (Lipinski definition) is 2. The van der Waals surface area contributed by atoms with Crippen LogP contribution in [0.5, 0.6) is 0 Å². The lowest BCUT2D eigenvalue weighted by Gasteiger charge is -2.42. The van der Waals surface area contributed by atoms with Crippen molar-refractivity contribution in [3.8, 4) is 0 Å². The molecule has 0 bridgehead atoms. The molecule has 1 atom stereocenters. The van der Waals surface area contributed by atoms with Gasteiger partial charge in [-0.3, -0.25) is 14.9 Å². The van der Waals surface area contributed by atoms with Crippen LogP contribution in [-0.2, 0) is 19.1 Å². The van der Waals surface area contributed by atoms with Crippen molar-refractivity contribution >= 4 is 23.6 Å². The molecule has 32 heavy (non-hydrogen) atoms. The highest BCUT2D eigenvalue weighted by molar-refractivity contribution is 6.01. The van der Waals surface area contributed by atoms with Crippen LogP contribution in [0.15, 0.2) is 12.1 Å². The summed E-state index contributed by atoms with van der Waals surface area (Å²) in [6, 6.07) is 2.17. The molecule has 1 aromatic rings. The summed E-state index contributed by atoms with van der Waals surface area (Å²) in [6.45, 7) is 4.69. The van der Waals surface area contributed by atoms with Crippen molar-refractivity contribution in [1.82, 2.24) is 10.6 Å². The summed E-state index contributed by atoms with van der Waals surface area (Å²) in [5, 5.41) is 4.87. The van der Waals surface area contributed by atoms with Crippen molar-refractivity contribution in [3.63, 3.8) is 0 Å². The Labute approximate surface area is 184 Å². The van der Waals surface area contributed by atoms with Crippen LogP contribution < -0.4 is 15.5 Å². The fourth-order valence-electron chi connectivity index (χ4n) is 4.30. The number of hydrogen-bond acceptors (Lipinski definition) is 6. The Morgan fingerprint density at radius 3 is 2.41 bits per heavy atom. The van der Waals surface area contributed by atoms with E-state index in [-0.39, 0.29) is 42.8 Å². The third-order valence-electron chi connectivity index (χ3n) is 6.01. The summed E-state index contributed by atoms with van der Waals surface area (Å²) < 4.78 is 40.3. The van der Waals surface area contributed by atoms with Crippen molar-refractivity contribution in [2.24, 2.45) is 0 Å². The molecule has 2 N–H and O–H groups in total. The third kappa shape index (κ3) is 4.85. The molecule has 174 valence electrons. The van der Waals surface area contributed by atoms with Gasteiger partial charge in [0, 0.05) is 43.6 Å². The van der Waals surface area contributed by atoms with Gasteiger partial charge >= 0.3 is 6.09 Å². The van der Waals surface area contributed by atoms with Crippen LogP contribution >= 0.6 is 0 Å². The van der Waals surface area contributed by atoms with E-state index in [4.69, 9.17) is 9.47 Å². The standard InChI is InChI=1S/C22H27F2N3O5/c1-11(2)31-14-7-15(8-14)32-22(30)25-12-9-27(10-12)13-5-17(23)20(18(24)6-13)16-3-4-19(28)26-21(16)29/h5-6,11-12,14-16H,3-4,7-10H2,1-2H3,(H,25,30)(H,26,28,29)/t14?,15?,16-/m0/s1. The second-order valence-corrected chi connectivity index (χ2v) is 8.88. The van der Waals surface area contributed by atoms with Crippen LogP contribution in [0.2, 0.25) is 0 Å². The van der Waals surface area contributed by atoms with E-state index in [1.54, 1.807) is 4.90 Å². The molecule has 0 spiro atoms. The molecule has 0 unspecified atom stereocenters. The second kappa shape index (κ2) is 9.01. The van der Waals surface area contributed by atoms with Crippen molar-refractivity contribution in [1.29, 1.82) is 0 Å². The molecular formula is C22H27F2N3O5. The molecule has 2 aliphatic heterocycles. The van der Waals surface area contributed by atoms with Gasteiger partial charge in [0.1, 0.15) is 17.7 Å². The quantitative estimate of drug-likeness (QED) is 0.645. The molecule has 3 fully saturated rings. The zero-order chi connectivity index (χ0) is 23.0. The number of piperidine rings is 1. The molecule has 0 radical (unpaired) electrons. The smallest absolute Gasteiger partial charge is 0.407 e. The van der Waals surface area contributed by atoms with Crippen LogP contribution in [0.25, 0.3) is 0 Å². The zero-order valence-corrected chi connectivity index (χ0v) is 18.0. The fourth-order valence-corrected chi connectivity index (χ4v) is 4.30. The number of benzene rings is 1. The average Bonchev–Trinajstić information content (AvgIpc) is 2.63. The van der Waals surface area contributed by atoms with Crippen molar-refractivity contribution in [2.45, 2.75) is 69.8 Å². The Kier molecular flexibility index (Phi) is 6.32. The maximum atomic E-state index is 14.7. The Bertz CT molecular complexity index is 890. The minimum Gasteiger partial charge on any atom is -0.446 e. The monoisotopic (exact) mass is 451 g/mol. The molecule has 2 saturated heterocycles. The number of rotatable bonds is 6. The zero-order valence-electron chi connectivity index (χ0n) is 18.0. The Balaban J connectivity index is 1.26. The highest BCUT2D eigenvalue weighted by atomic mass is 19.1. The first kappa shape index (κ1) is 22.4. The molecule has 4 rings (SSSR count). The summed E-state index contributed by atoms with van der Waals surface area (Å²) in [4.78, 5) is 37.0. The Morgan fingerprint density at radius 1 is 1.16 bits per heavy atom. The van der Waals surface area contributed by atoms with Gasteiger partial charge in [0.2, 0.25) is 11.8 Å². The highest BCUT2D eigenvalue weighted by Gasteiger charge is 2.36. The van der Waals surface area contributed by atoms with E-state index in [1.807, 2.05) is 13.8 Å². The number of carbonyl (C=O) groups excluding carboxylic acids is 3. The Hall–Kier alpha value is -2.75. The van der Waals surface area contributed by atoms with Crippen LogP contribution in [-0.4, -0.2) is 55.4 Å². The summed E-state index contributed by atoms with van der Waals surface area (Å²) in [5.74, 6) is -3.81. The van der Waals surface area contributed by atoms with Gasteiger partial charge in [-0.15, -0.1) is 0 Å². The van der Waals surface area contributed by atoms with E-state index in [1.165, 1.54) is 12.1 Å². The van der Waals surface area contributed by atoms with Gasteiger partial charge in [-0.05, 0) is 32.4 Å². The van der Waals surface area contributed by atoms with Crippen LogP contribution in [0.3, 0.4) is 0 Å². The number of nitrogens with one attached hydrogen (secondary N) is 2. The molecule has 0 aromatic heterocycles. The molecule has 3 aliphatic rings. The molecule has 10 heteroatoms. The van der Waals surface area contributed by atoms with E-state index in [9.17, 15) is 23.2 Å². The van der Waals surface area contributed by atoms with Gasteiger partial charge in [0.25, 0.3) is 0 Å². The van der Waals surface area contributed by atoms with Crippen LogP contribution in [0, 0.1) is 11.6 Å².